The van der Waals surface area contributed by atoms with Crippen LogP contribution in [-0.4, -0.2) is 31.4 Å². The molecule has 0 amide bonds. The van der Waals surface area contributed by atoms with Gasteiger partial charge >= 0.3 is 0 Å². The molecule has 1 fully saturated rings. The van der Waals surface area contributed by atoms with Crippen LogP contribution in [0.2, 0.25) is 0 Å². The molecule has 0 bridgehead atoms. The van der Waals surface area contributed by atoms with Gasteiger partial charge in [0.25, 0.3) is 0 Å². The van der Waals surface area contributed by atoms with E-state index in [2.05, 4.69) is 40.0 Å². The van der Waals surface area contributed by atoms with Crippen LogP contribution in [0.25, 0.3) is 0 Å². The second-order valence-electron chi connectivity index (χ2n) is 4.84. The van der Waals surface area contributed by atoms with Crippen molar-refractivity contribution in [3.8, 4) is 0 Å². The van der Waals surface area contributed by atoms with E-state index < -0.39 is 6.10 Å². The molecule has 1 aliphatic heterocycles. The van der Waals surface area contributed by atoms with E-state index in [1.165, 1.54) is 5.69 Å². The van der Waals surface area contributed by atoms with Crippen LogP contribution < -0.4 is 4.90 Å². The zero-order valence-electron chi connectivity index (χ0n) is 10.9. The van der Waals surface area contributed by atoms with E-state index in [0.717, 1.165) is 36.1 Å². The molecule has 3 nitrogen and oxygen atoms in total. The summed E-state index contributed by atoms with van der Waals surface area (Å²) in [6, 6.07) is 6.68. The summed E-state index contributed by atoms with van der Waals surface area (Å²) < 4.78 is 6.36. The lowest BCUT2D eigenvalue weighted by atomic mass is 10.1. The van der Waals surface area contributed by atoms with Crippen molar-refractivity contribution in [2.24, 2.45) is 0 Å². The minimum atomic E-state index is -0.443. The molecular weight excluding hydrogens is 294 g/mol. The number of hydrogen-bond acceptors (Lipinski definition) is 3. The van der Waals surface area contributed by atoms with Crippen molar-refractivity contribution in [1.82, 2.24) is 0 Å². The van der Waals surface area contributed by atoms with Crippen LogP contribution in [0.15, 0.2) is 22.7 Å². The van der Waals surface area contributed by atoms with E-state index in [9.17, 15) is 5.11 Å². The summed E-state index contributed by atoms with van der Waals surface area (Å²) in [5, 5.41) is 9.62. The third kappa shape index (κ3) is 3.05. The van der Waals surface area contributed by atoms with Crippen LogP contribution in [0.4, 0.5) is 5.69 Å². The van der Waals surface area contributed by atoms with Crippen LogP contribution in [0.1, 0.15) is 31.4 Å². The molecule has 0 aromatic heterocycles. The molecule has 0 spiro atoms. The second kappa shape index (κ2) is 6.04. The number of hydrogen-bond donors (Lipinski definition) is 1. The molecule has 1 aromatic carbocycles. The standard InChI is InChI=1S/C14H20BrNO2/c1-10(17)13-4-3-12(9-14(13)15)16(2)11-5-7-18-8-6-11/h3-4,9-11,17H,5-8H2,1-2H3/t10-/m0/s1. The Morgan fingerprint density at radius 1 is 1.39 bits per heavy atom. The maximum Gasteiger partial charge on any atom is 0.0772 e. The molecule has 4 heteroatoms. The first kappa shape index (κ1) is 13.8. The van der Waals surface area contributed by atoms with Gasteiger partial charge in [0.05, 0.1) is 6.10 Å². The molecule has 18 heavy (non-hydrogen) atoms. The van der Waals surface area contributed by atoms with Crippen molar-refractivity contribution < 1.29 is 9.84 Å². The molecule has 1 heterocycles. The zero-order valence-corrected chi connectivity index (χ0v) is 12.5. The first-order valence-corrected chi connectivity index (χ1v) is 7.17. The van der Waals surface area contributed by atoms with E-state index in [1.54, 1.807) is 6.92 Å². The Labute approximate surface area is 117 Å². The summed E-state index contributed by atoms with van der Waals surface area (Å²) in [4.78, 5) is 2.30. The third-order valence-electron chi connectivity index (χ3n) is 3.58. The molecule has 100 valence electrons. The monoisotopic (exact) mass is 313 g/mol. The summed E-state index contributed by atoms with van der Waals surface area (Å²) in [6.07, 6.45) is 1.71. The van der Waals surface area contributed by atoms with Gasteiger partial charge in [0.15, 0.2) is 0 Å². The lowest BCUT2D eigenvalue weighted by Crippen LogP contribution is -2.36. The maximum absolute atomic E-state index is 9.62. The SMILES string of the molecule is C[C@H](O)c1ccc(N(C)C2CCOCC2)cc1Br. The third-order valence-corrected chi connectivity index (χ3v) is 4.27. The highest BCUT2D eigenvalue weighted by Gasteiger charge is 2.19. The average molecular weight is 314 g/mol. The quantitative estimate of drug-likeness (QED) is 0.930. The summed E-state index contributed by atoms with van der Waals surface area (Å²) in [5.74, 6) is 0. The molecule has 2 rings (SSSR count). The Kier molecular flexibility index (Phi) is 4.65. The molecule has 1 aromatic rings. The number of ether oxygens (including phenoxy) is 1. The largest absolute Gasteiger partial charge is 0.389 e. The Bertz CT molecular complexity index is 403. The van der Waals surface area contributed by atoms with E-state index in [4.69, 9.17) is 4.74 Å². The van der Waals surface area contributed by atoms with Crippen molar-refractivity contribution in [3.05, 3.63) is 28.2 Å². The van der Waals surface area contributed by atoms with E-state index >= 15 is 0 Å². The first-order chi connectivity index (χ1) is 8.59. The van der Waals surface area contributed by atoms with Gasteiger partial charge in [-0.05, 0) is 37.5 Å². The highest BCUT2D eigenvalue weighted by Crippen LogP contribution is 2.29. The number of rotatable bonds is 3. The molecule has 1 atom stereocenters. The lowest BCUT2D eigenvalue weighted by Gasteiger charge is -2.33. The van der Waals surface area contributed by atoms with E-state index in [0.29, 0.717) is 6.04 Å². The highest BCUT2D eigenvalue weighted by atomic mass is 79.9. The van der Waals surface area contributed by atoms with Gasteiger partial charge in [0.2, 0.25) is 0 Å². The van der Waals surface area contributed by atoms with Gasteiger partial charge in [-0.15, -0.1) is 0 Å². The molecule has 0 radical (unpaired) electrons. The molecule has 0 aliphatic carbocycles. The molecule has 1 saturated heterocycles. The zero-order chi connectivity index (χ0) is 13.1. The van der Waals surface area contributed by atoms with Gasteiger partial charge in [0.1, 0.15) is 0 Å². The van der Waals surface area contributed by atoms with Gasteiger partial charge in [-0.3, -0.25) is 0 Å². The van der Waals surface area contributed by atoms with Gasteiger partial charge in [-0.25, -0.2) is 0 Å². The Morgan fingerprint density at radius 2 is 2.06 bits per heavy atom. The highest BCUT2D eigenvalue weighted by molar-refractivity contribution is 9.10. The number of anilines is 1. The van der Waals surface area contributed by atoms with Crippen molar-refractivity contribution in [3.63, 3.8) is 0 Å². The molecular formula is C14H20BrNO2. The fourth-order valence-corrected chi connectivity index (χ4v) is 3.06. The van der Waals surface area contributed by atoms with Crippen LogP contribution in [0, 0.1) is 0 Å². The number of benzene rings is 1. The summed E-state index contributed by atoms with van der Waals surface area (Å²) in [6.45, 7) is 3.48. The molecule has 0 saturated carbocycles. The fraction of sp³-hybridized carbons (Fsp3) is 0.571. The number of aliphatic hydroxyl groups is 1. The molecule has 1 N–H and O–H groups in total. The lowest BCUT2D eigenvalue weighted by molar-refractivity contribution is 0.0855. The van der Waals surface area contributed by atoms with Gasteiger partial charge in [0, 0.05) is 36.5 Å². The number of aliphatic hydroxyl groups excluding tert-OH is 1. The smallest absolute Gasteiger partial charge is 0.0772 e. The van der Waals surface area contributed by atoms with Crippen LogP contribution >= 0.6 is 15.9 Å². The Hall–Kier alpha value is -0.580. The van der Waals surface area contributed by atoms with Crippen LogP contribution in [0.5, 0.6) is 0 Å². The van der Waals surface area contributed by atoms with Crippen molar-refractivity contribution in [1.29, 1.82) is 0 Å². The predicted octanol–water partition coefficient (Wildman–Crippen LogP) is 3.12. The summed E-state index contributed by atoms with van der Waals surface area (Å²) in [5.41, 5.74) is 2.11. The van der Waals surface area contributed by atoms with Crippen LogP contribution in [-0.2, 0) is 4.74 Å². The maximum atomic E-state index is 9.62. The fourth-order valence-electron chi connectivity index (χ4n) is 2.36. The first-order valence-electron chi connectivity index (χ1n) is 6.37. The van der Waals surface area contributed by atoms with Gasteiger partial charge < -0.3 is 14.7 Å². The summed E-state index contributed by atoms with van der Waals surface area (Å²) >= 11 is 3.53. The van der Waals surface area contributed by atoms with Crippen molar-refractivity contribution >= 4 is 21.6 Å². The minimum absolute atomic E-state index is 0.443. The minimum Gasteiger partial charge on any atom is -0.389 e. The normalized spacial score (nSPS) is 18.7. The van der Waals surface area contributed by atoms with Crippen molar-refractivity contribution in [2.45, 2.75) is 31.9 Å². The Morgan fingerprint density at radius 3 is 2.61 bits per heavy atom. The molecule has 1 aliphatic rings. The number of halogens is 1. The summed E-state index contributed by atoms with van der Waals surface area (Å²) in [7, 11) is 2.12. The van der Waals surface area contributed by atoms with Gasteiger partial charge in [-0.1, -0.05) is 22.0 Å². The molecule has 0 unspecified atom stereocenters. The number of nitrogens with zero attached hydrogens (tertiary/aromatic N) is 1. The predicted molar refractivity (Wildman–Crippen MR) is 77.0 cm³/mol. The van der Waals surface area contributed by atoms with E-state index in [-0.39, 0.29) is 0 Å². The van der Waals surface area contributed by atoms with Crippen LogP contribution in [0.3, 0.4) is 0 Å². The van der Waals surface area contributed by atoms with Gasteiger partial charge in [-0.2, -0.15) is 0 Å². The van der Waals surface area contributed by atoms with E-state index in [1.807, 2.05) is 6.07 Å². The Balaban J connectivity index is 2.15. The average Bonchev–Trinajstić information content (AvgIpc) is 2.38. The topological polar surface area (TPSA) is 32.7 Å². The van der Waals surface area contributed by atoms with Crippen molar-refractivity contribution in [2.75, 3.05) is 25.2 Å². The second-order valence-corrected chi connectivity index (χ2v) is 5.69.